The Morgan fingerprint density at radius 3 is 2.82 bits per heavy atom. The van der Waals surface area contributed by atoms with E-state index in [0.29, 0.717) is 5.92 Å². The van der Waals surface area contributed by atoms with Crippen molar-refractivity contribution in [1.82, 2.24) is 0 Å². The van der Waals surface area contributed by atoms with Gasteiger partial charge in [-0.3, -0.25) is 4.79 Å². The van der Waals surface area contributed by atoms with Gasteiger partial charge in [-0.2, -0.15) is 0 Å². The highest BCUT2D eigenvalue weighted by Gasteiger charge is 2.30. The molecule has 1 aromatic rings. The fourth-order valence-electron chi connectivity index (χ4n) is 2.46. The molecule has 1 saturated carbocycles. The SMILES string of the molecule is COc1cccc(C(CC(=O)O)C2CCC2)c1. The summed E-state index contributed by atoms with van der Waals surface area (Å²) in [5, 5.41) is 9.01. The molecule has 1 aliphatic carbocycles. The summed E-state index contributed by atoms with van der Waals surface area (Å²) in [6.45, 7) is 0. The van der Waals surface area contributed by atoms with Crippen molar-refractivity contribution in [3.63, 3.8) is 0 Å². The lowest BCUT2D eigenvalue weighted by Crippen LogP contribution is -2.22. The van der Waals surface area contributed by atoms with Crippen LogP contribution in [0.25, 0.3) is 0 Å². The fourth-order valence-corrected chi connectivity index (χ4v) is 2.46. The summed E-state index contributed by atoms with van der Waals surface area (Å²) < 4.78 is 5.19. The second-order valence-corrected chi connectivity index (χ2v) is 4.67. The van der Waals surface area contributed by atoms with E-state index in [9.17, 15) is 4.79 Å². The molecule has 0 spiro atoms. The van der Waals surface area contributed by atoms with Crippen LogP contribution in [0.2, 0.25) is 0 Å². The second-order valence-electron chi connectivity index (χ2n) is 4.67. The van der Waals surface area contributed by atoms with Crippen molar-refractivity contribution in [3.05, 3.63) is 29.8 Å². The van der Waals surface area contributed by atoms with E-state index in [1.54, 1.807) is 7.11 Å². The van der Waals surface area contributed by atoms with Crippen LogP contribution in [-0.4, -0.2) is 18.2 Å². The molecule has 0 heterocycles. The molecule has 0 amide bonds. The average Bonchev–Trinajstić information content (AvgIpc) is 2.25. The number of aliphatic carboxylic acids is 1. The lowest BCUT2D eigenvalue weighted by atomic mass is 9.72. The smallest absolute Gasteiger partial charge is 0.303 e. The van der Waals surface area contributed by atoms with Crippen molar-refractivity contribution >= 4 is 5.97 Å². The summed E-state index contributed by atoms with van der Waals surface area (Å²) in [5.41, 5.74) is 1.09. The number of hydrogen-bond donors (Lipinski definition) is 1. The largest absolute Gasteiger partial charge is 0.497 e. The first kappa shape index (κ1) is 12.0. The van der Waals surface area contributed by atoms with E-state index in [1.165, 1.54) is 6.42 Å². The van der Waals surface area contributed by atoms with Crippen molar-refractivity contribution in [3.8, 4) is 5.75 Å². The molecule has 1 unspecified atom stereocenters. The van der Waals surface area contributed by atoms with Crippen molar-refractivity contribution < 1.29 is 14.6 Å². The van der Waals surface area contributed by atoms with Gasteiger partial charge in [-0.05, 0) is 42.4 Å². The number of ether oxygens (including phenoxy) is 1. The molecule has 0 aliphatic heterocycles. The first-order chi connectivity index (χ1) is 8.20. The number of hydrogen-bond acceptors (Lipinski definition) is 2. The van der Waals surface area contributed by atoms with Crippen LogP contribution in [0, 0.1) is 5.92 Å². The number of carboxylic acid groups (broad SMARTS) is 1. The minimum atomic E-state index is -0.718. The Hall–Kier alpha value is -1.51. The molecular weight excluding hydrogens is 216 g/mol. The lowest BCUT2D eigenvalue weighted by molar-refractivity contribution is -0.138. The first-order valence-electron chi connectivity index (χ1n) is 6.06. The third kappa shape index (κ3) is 2.78. The van der Waals surface area contributed by atoms with Gasteiger partial charge in [0.15, 0.2) is 0 Å². The third-order valence-electron chi connectivity index (χ3n) is 3.64. The van der Waals surface area contributed by atoms with Crippen LogP contribution in [0.15, 0.2) is 24.3 Å². The maximum atomic E-state index is 11.0. The van der Waals surface area contributed by atoms with Gasteiger partial charge in [-0.1, -0.05) is 18.6 Å². The molecule has 1 aliphatic rings. The Morgan fingerprint density at radius 1 is 1.53 bits per heavy atom. The zero-order chi connectivity index (χ0) is 12.3. The van der Waals surface area contributed by atoms with Gasteiger partial charge in [0, 0.05) is 0 Å². The van der Waals surface area contributed by atoms with Crippen LogP contribution >= 0.6 is 0 Å². The van der Waals surface area contributed by atoms with E-state index in [2.05, 4.69) is 0 Å². The van der Waals surface area contributed by atoms with Gasteiger partial charge < -0.3 is 9.84 Å². The standard InChI is InChI=1S/C14H18O3/c1-17-12-7-3-6-11(8-12)13(9-14(15)16)10-4-2-5-10/h3,6-8,10,13H,2,4-5,9H2,1H3,(H,15,16). The minimum absolute atomic E-state index is 0.136. The molecule has 0 radical (unpaired) electrons. The number of methoxy groups -OCH3 is 1. The van der Waals surface area contributed by atoms with Gasteiger partial charge in [0.1, 0.15) is 5.75 Å². The predicted octanol–water partition coefficient (Wildman–Crippen LogP) is 3.05. The highest BCUT2D eigenvalue weighted by molar-refractivity contribution is 5.68. The molecule has 1 fully saturated rings. The van der Waals surface area contributed by atoms with E-state index < -0.39 is 5.97 Å². The Balaban J connectivity index is 2.20. The van der Waals surface area contributed by atoms with E-state index in [-0.39, 0.29) is 12.3 Å². The number of rotatable bonds is 5. The maximum absolute atomic E-state index is 11.0. The zero-order valence-corrected chi connectivity index (χ0v) is 10.1. The molecule has 17 heavy (non-hydrogen) atoms. The third-order valence-corrected chi connectivity index (χ3v) is 3.64. The number of carbonyl (C=O) groups is 1. The second kappa shape index (κ2) is 5.21. The van der Waals surface area contributed by atoms with Gasteiger partial charge >= 0.3 is 5.97 Å². The summed E-state index contributed by atoms with van der Waals surface area (Å²) in [6, 6.07) is 7.80. The molecule has 0 aromatic heterocycles. The Morgan fingerprint density at radius 2 is 2.29 bits per heavy atom. The van der Waals surface area contributed by atoms with Crippen LogP contribution in [0.4, 0.5) is 0 Å². The van der Waals surface area contributed by atoms with Gasteiger partial charge in [0.05, 0.1) is 13.5 Å². The maximum Gasteiger partial charge on any atom is 0.303 e. The first-order valence-corrected chi connectivity index (χ1v) is 6.06. The highest BCUT2D eigenvalue weighted by Crippen LogP contribution is 2.41. The molecule has 2 rings (SSSR count). The fraction of sp³-hybridized carbons (Fsp3) is 0.500. The Kier molecular flexibility index (Phi) is 3.67. The van der Waals surface area contributed by atoms with Gasteiger partial charge in [0.2, 0.25) is 0 Å². The Bertz CT molecular complexity index is 396. The molecule has 0 saturated heterocycles. The quantitative estimate of drug-likeness (QED) is 0.851. The van der Waals surface area contributed by atoms with Gasteiger partial charge in [0.25, 0.3) is 0 Å². The molecule has 0 bridgehead atoms. The Labute approximate surface area is 101 Å². The summed E-state index contributed by atoms with van der Waals surface area (Å²) in [4.78, 5) is 11.0. The molecule has 1 N–H and O–H groups in total. The van der Waals surface area contributed by atoms with E-state index in [1.807, 2.05) is 24.3 Å². The molecule has 1 aromatic carbocycles. The monoisotopic (exact) mass is 234 g/mol. The normalized spacial score (nSPS) is 17.2. The summed E-state index contributed by atoms with van der Waals surface area (Å²) in [5.74, 6) is 0.747. The molecule has 92 valence electrons. The summed E-state index contributed by atoms with van der Waals surface area (Å²) in [7, 11) is 1.63. The van der Waals surface area contributed by atoms with E-state index in [4.69, 9.17) is 9.84 Å². The van der Waals surface area contributed by atoms with Gasteiger partial charge in [-0.25, -0.2) is 0 Å². The molecular formula is C14H18O3. The minimum Gasteiger partial charge on any atom is -0.497 e. The zero-order valence-electron chi connectivity index (χ0n) is 10.1. The molecule has 1 atom stereocenters. The van der Waals surface area contributed by atoms with Crippen LogP contribution in [0.5, 0.6) is 5.75 Å². The van der Waals surface area contributed by atoms with Crippen molar-refractivity contribution in [2.45, 2.75) is 31.6 Å². The van der Waals surface area contributed by atoms with Crippen molar-refractivity contribution in [1.29, 1.82) is 0 Å². The van der Waals surface area contributed by atoms with Crippen molar-refractivity contribution in [2.24, 2.45) is 5.92 Å². The predicted molar refractivity (Wildman–Crippen MR) is 65.3 cm³/mol. The molecule has 3 heteroatoms. The average molecular weight is 234 g/mol. The van der Waals surface area contributed by atoms with E-state index in [0.717, 1.165) is 24.2 Å². The summed E-state index contributed by atoms with van der Waals surface area (Å²) in [6.07, 6.45) is 3.74. The highest BCUT2D eigenvalue weighted by atomic mass is 16.5. The van der Waals surface area contributed by atoms with Crippen LogP contribution < -0.4 is 4.74 Å². The van der Waals surface area contributed by atoms with Gasteiger partial charge in [-0.15, -0.1) is 0 Å². The number of benzene rings is 1. The van der Waals surface area contributed by atoms with Crippen LogP contribution in [0.1, 0.15) is 37.2 Å². The van der Waals surface area contributed by atoms with Crippen LogP contribution in [0.3, 0.4) is 0 Å². The van der Waals surface area contributed by atoms with E-state index >= 15 is 0 Å². The lowest BCUT2D eigenvalue weighted by Gasteiger charge is -2.33. The molecule has 3 nitrogen and oxygen atoms in total. The number of carboxylic acids is 1. The summed E-state index contributed by atoms with van der Waals surface area (Å²) >= 11 is 0. The van der Waals surface area contributed by atoms with Crippen LogP contribution in [-0.2, 0) is 4.79 Å². The van der Waals surface area contributed by atoms with Crippen molar-refractivity contribution in [2.75, 3.05) is 7.11 Å². The topological polar surface area (TPSA) is 46.5 Å².